The van der Waals surface area contributed by atoms with Gasteiger partial charge in [0.25, 0.3) is 10.6 Å². The molecular formula is C45H39N3O4S4. The quantitative estimate of drug-likeness (QED) is 0.0968. The Morgan fingerprint density at radius 1 is 0.786 bits per heavy atom. The number of hydrogen-bond donors (Lipinski definition) is 0. The molecule has 0 radical (unpaired) electrons. The molecule has 0 aliphatic carbocycles. The molecule has 56 heavy (non-hydrogen) atoms. The first-order valence-corrected chi connectivity index (χ1v) is 22.6. The molecule has 11 heteroatoms. The summed E-state index contributed by atoms with van der Waals surface area (Å²) in [5.74, 6) is -0.469. The Balaban J connectivity index is 1.36. The van der Waals surface area contributed by atoms with Crippen molar-refractivity contribution in [3.63, 3.8) is 0 Å². The lowest BCUT2D eigenvalue weighted by atomic mass is 10.1. The molecule has 0 saturated carbocycles. The molecule has 7 nitrogen and oxygen atoms in total. The maximum Gasteiger partial charge on any atom is 0.269 e. The van der Waals surface area contributed by atoms with E-state index in [2.05, 4.69) is 89.2 Å². The second-order valence-electron chi connectivity index (χ2n) is 13.3. The lowest BCUT2D eigenvalue weighted by Crippen LogP contribution is -2.39. The number of thioether (sulfide) groups is 1. The van der Waals surface area contributed by atoms with Crippen molar-refractivity contribution in [2.24, 2.45) is 0 Å². The molecule has 2 aromatic heterocycles. The lowest BCUT2D eigenvalue weighted by molar-refractivity contribution is -0.682. The van der Waals surface area contributed by atoms with Crippen LogP contribution in [0.1, 0.15) is 30.8 Å². The normalized spacial score (nSPS) is 14.5. The van der Waals surface area contributed by atoms with Crippen molar-refractivity contribution < 1.29 is 17.5 Å². The van der Waals surface area contributed by atoms with Crippen LogP contribution >= 0.6 is 34.4 Å². The second kappa shape index (κ2) is 16.2. The van der Waals surface area contributed by atoms with Gasteiger partial charge >= 0.3 is 0 Å². The molecule has 0 fully saturated rings. The van der Waals surface area contributed by atoms with Crippen molar-refractivity contribution in [2.75, 3.05) is 17.2 Å². The van der Waals surface area contributed by atoms with E-state index in [-0.39, 0.29) is 12.0 Å². The van der Waals surface area contributed by atoms with Gasteiger partial charge in [0.15, 0.2) is 6.54 Å². The van der Waals surface area contributed by atoms with Crippen LogP contribution in [0.25, 0.3) is 44.1 Å². The van der Waals surface area contributed by atoms with Gasteiger partial charge in [-0.15, -0.1) is 11.3 Å². The SMILES string of the molecule is CCN1C(=C/C(c2ccccc2)=c2/sc(=Cc3sc(-c4ccccc4)c(-c4ccccc4)[n+]3CCCS(=O)(=O)[O-])n(CC)c2=O)Sc2c1ccc1ccccc21. The summed E-state index contributed by atoms with van der Waals surface area (Å²) in [4.78, 5) is 19.2. The zero-order valence-corrected chi connectivity index (χ0v) is 34.2. The molecule has 7 aromatic rings. The van der Waals surface area contributed by atoms with Crippen LogP contribution in [0.2, 0.25) is 0 Å². The average Bonchev–Trinajstić information content (AvgIpc) is 3.87. The van der Waals surface area contributed by atoms with Crippen molar-refractivity contribution >= 4 is 72.7 Å². The second-order valence-corrected chi connectivity index (χ2v) is 17.9. The van der Waals surface area contributed by atoms with Gasteiger partial charge in [-0.2, -0.15) is 4.57 Å². The predicted octanol–water partition coefficient (Wildman–Crippen LogP) is 8.20. The summed E-state index contributed by atoms with van der Waals surface area (Å²) in [6, 6.07) is 43.0. The zero-order valence-electron chi connectivity index (χ0n) is 30.9. The maximum atomic E-state index is 14.6. The number of rotatable bonds is 11. The summed E-state index contributed by atoms with van der Waals surface area (Å²) in [5.41, 5.74) is 5.84. The molecule has 1 aliphatic heterocycles. The Morgan fingerprint density at radius 3 is 2.12 bits per heavy atom. The number of allylic oxidation sites excluding steroid dienone is 1. The topological polar surface area (TPSA) is 86.3 Å². The summed E-state index contributed by atoms with van der Waals surface area (Å²) in [6.07, 6.45) is 4.38. The van der Waals surface area contributed by atoms with Gasteiger partial charge in [0.2, 0.25) is 5.69 Å². The van der Waals surface area contributed by atoms with Gasteiger partial charge < -0.3 is 9.45 Å². The van der Waals surface area contributed by atoms with Crippen LogP contribution in [0, 0.1) is 0 Å². The largest absolute Gasteiger partial charge is 0.748 e. The third-order valence-corrected chi connectivity index (χ3v) is 14.1. The molecule has 0 unspecified atom stereocenters. The minimum atomic E-state index is -4.41. The molecule has 0 spiro atoms. The average molecular weight is 814 g/mol. The minimum absolute atomic E-state index is 0.0689. The molecule has 0 amide bonds. The van der Waals surface area contributed by atoms with Crippen LogP contribution in [-0.4, -0.2) is 29.8 Å². The standard InChI is InChI=1S/C45H39N3O4S4/c1-3-46-37-26-25-32-19-14-15-24-35(32)43(37)54-38(46)29-36(31-17-8-5-9-18-31)44-45(49)47(4-2)39(55-44)30-40-48(27-16-28-56(50,51)52)41(33-20-10-6-11-21-33)42(53-40)34-22-12-7-13-23-34/h5-15,17-26,29-30H,3-4,16,27-28H2,1-2H3/b38-29?,44-36-. The van der Waals surface area contributed by atoms with Crippen LogP contribution < -0.4 is 24.2 Å². The molecule has 0 bridgehead atoms. The van der Waals surface area contributed by atoms with Crippen molar-refractivity contribution in [1.29, 1.82) is 0 Å². The summed E-state index contributed by atoms with van der Waals surface area (Å²) in [5, 5.41) is 4.31. The molecule has 5 aromatic carbocycles. The first-order valence-electron chi connectivity index (χ1n) is 18.5. The maximum absolute atomic E-state index is 14.6. The van der Waals surface area contributed by atoms with Crippen molar-refractivity contribution in [3.05, 3.63) is 169 Å². The first-order chi connectivity index (χ1) is 27.2. The van der Waals surface area contributed by atoms with E-state index >= 15 is 0 Å². The molecule has 1 aliphatic rings. The van der Waals surface area contributed by atoms with E-state index in [1.165, 1.54) is 27.0 Å². The van der Waals surface area contributed by atoms with E-state index in [0.29, 0.717) is 17.6 Å². The number of benzene rings is 5. The summed E-state index contributed by atoms with van der Waals surface area (Å²) >= 11 is 4.80. The first kappa shape index (κ1) is 37.9. The van der Waals surface area contributed by atoms with Gasteiger partial charge in [-0.05, 0) is 60.0 Å². The molecule has 3 heterocycles. The van der Waals surface area contributed by atoms with Gasteiger partial charge in [-0.1, -0.05) is 132 Å². The minimum Gasteiger partial charge on any atom is -0.748 e. The molecule has 0 atom stereocenters. The van der Waals surface area contributed by atoms with Crippen LogP contribution in [0.5, 0.6) is 0 Å². The fourth-order valence-corrected chi connectivity index (χ4v) is 11.5. The predicted molar refractivity (Wildman–Crippen MR) is 231 cm³/mol. The van der Waals surface area contributed by atoms with Crippen LogP contribution in [0.4, 0.5) is 5.69 Å². The number of thiazole rings is 2. The van der Waals surface area contributed by atoms with E-state index < -0.39 is 15.9 Å². The van der Waals surface area contributed by atoms with Crippen LogP contribution in [-0.2, 0) is 23.2 Å². The molecule has 8 rings (SSSR count). The van der Waals surface area contributed by atoms with Crippen molar-refractivity contribution in [1.82, 2.24) is 4.57 Å². The van der Waals surface area contributed by atoms with Gasteiger partial charge in [0.1, 0.15) is 14.1 Å². The van der Waals surface area contributed by atoms with Crippen molar-refractivity contribution in [3.8, 4) is 21.7 Å². The smallest absolute Gasteiger partial charge is 0.269 e. The van der Waals surface area contributed by atoms with E-state index in [4.69, 9.17) is 0 Å². The monoisotopic (exact) mass is 813 g/mol. The van der Waals surface area contributed by atoms with E-state index in [1.807, 2.05) is 78.2 Å². The molecule has 282 valence electrons. The highest BCUT2D eigenvalue weighted by atomic mass is 32.2. The van der Waals surface area contributed by atoms with Crippen molar-refractivity contribution in [2.45, 2.75) is 38.3 Å². The summed E-state index contributed by atoms with van der Waals surface area (Å²) < 4.78 is 40.6. The third-order valence-electron chi connectivity index (χ3n) is 9.83. The Bertz CT molecular complexity index is 2880. The number of hydrogen-bond acceptors (Lipinski definition) is 8. The van der Waals surface area contributed by atoms with Gasteiger partial charge in [0.05, 0.1) is 26.9 Å². The number of fused-ring (bicyclic) bond motifs is 3. The summed E-state index contributed by atoms with van der Waals surface area (Å²) in [6.45, 7) is 5.68. The van der Waals surface area contributed by atoms with E-state index in [1.54, 1.807) is 23.1 Å². The Labute approximate surface area is 338 Å². The number of nitrogens with zero attached hydrogens (tertiary/aromatic N) is 3. The Hall–Kier alpha value is -5.04. The highest BCUT2D eigenvalue weighted by Gasteiger charge is 2.29. The lowest BCUT2D eigenvalue weighted by Gasteiger charge is -2.18. The fraction of sp³-hybridized carbons (Fsp3) is 0.156. The molecule has 0 saturated heterocycles. The molecule has 0 N–H and O–H groups in total. The van der Waals surface area contributed by atoms with Gasteiger partial charge in [0, 0.05) is 41.3 Å². The Kier molecular flexibility index (Phi) is 11.0. The zero-order chi connectivity index (χ0) is 38.8. The third kappa shape index (κ3) is 7.57. The highest BCUT2D eigenvalue weighted by molar-refractivity contribution is 8.04. The van der Waals surface area contributed by atoms with Crippen LogP contribution in [0.15, 0.2) is 148 Å². The van der Waals surface area contributed by atoms with Gasteiger partial charge in [-0.25, -0.2) is 8.42 Å². The number of aromatic nitrogens is 2. The Morgan fingerprint density at radius 2 is 1.45 bits per heavy atom. The summed E-state index contributed by atoms with van der Waals surface area (Å²) in [7, 11) is -4.41. The van der Waals surface area contributed by atoms with Gasteiger partial charge in [-0.3, -0.25) is 9.36 Å². The fourth-order valence-electron chi connectivity index (χ4n) is 7.23. The molecular weight excluding hydrogens is 775 g/mol. The van der Waals surface area contributed by atoms with E-state index in [9.17, 15) is 17.8 Å². The highest BCUT2D eigenvalue weighted by Crippen LogP contribution is 2.49. The number of anilines is 1. The van der Waals surface area contributed by atoms with Crippen LogP contribution in [0.3, 0.4) is 0 Å². The van der Waals surface area contributed by atoms with E-state index in [0.717, 1.165) is 59.8 Å².